The molecule has 0 aromatic carbocycles. The minimum atomic E-state index is -0.412. The van der Waals surface area contributed by atoms with Crippen molar-refractivity contribution in [1.29, 1.82) is 0 Å². The van der Waals surface area contributed by atoms with Crippen molar-refractivity contribution >= 4 is 11.9 Å². The number of nitrogens with one attached hydrogen (secondary N) is 1. The first kappa shape index (κ1) is 16.1. The van der Waals surface area contributed by atoms with Gasteiger partial charge in [0.15, 0.2) is 0 Å². The summed E-state index contributed by atoms with van der Waals surface area (Å²) in [7, 11) is 0. The Balaban J connectivity index is 2.09. The summed E-state index contributed by atoms with van der Waals surface area (Å²) < 4.78 is 5.03. The van der Waals surface area contributed by atoms with Crippen LogP contribution in [0.4, 0.5) is 0 Å². The van der Waals surface area contributed by atoms with Crippen molar-refractivity contribution in [2.24, 2.45) is 0 Å². The summed E-state index contributed by atoms with van der Waals surface area (Å²) in [5.74, 6) is -0.782. The smallest absolute Gasteiger partial charge is 0.325 e. The number of carbonyl (C=O) groups is 2. The molecule has 0 aliphatic carbocycles. The SMILES string of the molecule is CCCCCCCOC(=O)CNC(=O)c1ccccn1. The van der Waals surface area contributed by atoms with E-state index < -0.39 is 5.97 Å². The number of rotatable bonds is 9. The summed E-state index contributed by atoms with van der Waals surface area (Å²) in [6.45, 7) is 2.46. The topological polar surface area (TPSA) is 68.3 Å². The van der Waals surface area contributed by atoms with E-state index in [0.29, 0.717) is 12.3 Å². The molecule has 0 atom stereocenters. The van der Waals surface area contributed by atoms with Crippen molar-refractivity contribution in [2.45, 2.75) is 39.0 Å². The summed E-state index contributed by atoms with van der Waals surface area (Å²) in [6, 6.07) is 5.04. The molecule has 1 aromatic rings. The van der Waals surface area contributed by atoms with Crippen LogP contribution in [-0.4, -0.2) is 30.0 Å². The summed E-state index contributed by atoms with van der Waals surface area (Å²) in [6.07, 6.45) is 7.06. The first-order valence-electron chi connectivity index (χ1n) is 7.09. The van der Waals surface area contributed by atoms with E-state index in [0.717, 1.165) is 12.8 Å². The van der Waals surface area contributed by atoms with Gasteiger partial charge in [0, 0.05) is 6.20 Å². The van der Waals surface area contributed by atoms with Crippen LogP contribution in [0.2, 0.25) is 0 Å². The lowest BCUT2D eigenvalue weighted by Gasteiger charge is -2.06. The zero-order valence-electron chi connectivity index (χ0n) is 11.9. The number of carbonyl (C=O) groups excluding carboxylic acids is 2. The zero-order valence-corrected chi connectivity index (χ0v) is 11.9. The van der Waals surface area contributed by atoms with Crippen molar-refractivity contribution in [3.05, 3.63) is 30.1 Å². The van der Waals surface area contributed by atoms with Gasteiger partial charge in [-0.2, -0.15) is 0 Å². The molecule has 1 rings (SSSR count). The number of aromatic nitrogens is 1. The van der Waals surface area contributed by atoms with Crippen LogP contribution in [0.3, 0.4) is 0 Å². The first-order valence-corrected chi connectivity index (χ1v) is 7.09. The Morgan fingerprint density at radius 2 is 2.00 bits per heavy atom. The van der Waals surface area contributed by atoms with Gasteiger partial charge in [-0.15, -0.1) is 0 Å². The largest absolute Gasteiger partial charge is 0.464 e. The van der Waals surface area contributed by atoms with E-state index >= 15 is 0 Å². The zero-order chi connectivity index (χ0) is 14.6. The van der Waals surface area contributed by atoms with Gasteiger partial charge < -0.3 is 10.1 Å². The van der Waals surface area contributed by atoms with E-state index in [1.54, 1.807) is 18.2 Å². The summed E-state index contributed by atoms with van der Waals surface area (Å²) in [5, 5.41) is 2.48. The molecule has 0 unspecified atom stereocenters. The predicted octanol–water partition coefficient (Wildman–Crippen LogP) is 2.33. The first-order chi connectivity index (χ1) is 9.74. The van der Waals surface area contributed by atoms with Gasteiger partial charge in [-0.25, -0.2) is 0 Å². The predicted molar refractivity (Wildman–Crippen MR) is 76.3 cm³/mol. The maximum atomic E-state index is 11.6. The lowest BCUT2D eigenvalue weighted by Crippen LogP contribution is -2.31. The molecule has 0 spiro atoms. The fraction of sp³-hybridized carbons (Fsp3) is 0.533. The van der Waals surface area contributed by atoms with Gasteiger partial charge >= 0.3 is 5.97 Å². The molecule has 5 nitrogen and oxygen atoms in total. The monoisotopic (exact) mass is 278 g/mol. The molecule has 0 aliphatic rings. The normalized spacial score (nSPS) is 10.1. The van der Waals surface area contributed by atoms with E-state index in [4.69, 9.17) is 4.74 Å². The summed E-state index contributed by atoms with van der Waals surface area (Å²) >= 11 is 0. The molecule has 0 aliphatic heterocycles. The Morgan fingerprint density at radius 1 is 1.20 bits per heavy atom. The van der Waals surface area contributed by atoms with Crippen LogP contribution < -0.4 is 5.32 Å². The van der Waals surface area contributed by atoms with Crippen molar-refractivity contribution in [3.8, 4) is 0 Å². The molecule has 5 heteroatoms. The number of pyridine rings is 1. The molecule has 110 valence electrons. The molecule has 1 amide bonds. The van der Waals surface area contributed by atoms with Crippen molar-refractivity contribution in [3.63, 3.8) is 0 Å². The van der Waals surface area contributed by atoms with Gasteiger partial charge in [0.1, 0.15) is 12.2 Å². The molecule has 1 heterocycles. The third-order valence-electron chi connectivity index (χ3n) is 2.80. The highest BCUT2D eigenvalue weighted by molar-refractivity contribution is 5.94. The molecule has 0 radical (unpaired) electrons. The molecule has 0 saturated heterocycles. The number of amides is 1. The van der Waals surface area contributed by atoms with Gasteiger partial charge in [-0.05, 0) is 18.6 Å². The Kier molecular flexibility index (Phi) is 8.03. The minimum Gasteiger partial charge on any atom is -0.464 e. The van der Waals surface area contributed by atoms with E-state index in [1.165, 1.54) is 25.5 Å². The van der Waals surface area contributed by atoms with E-state index in [-0.39, 0.29) is 12.5 Å². The third kappa shape index (κ3) is 6.87. The van der Waals surface area contributed by atoms with Crippen LogP contribution in [-0.2, 0) is 9.53 Å². The van der Waals surface area contributed by atoms with Gasteiger partial charge in [0.2, 0.25) is 0 Å². The van der Waals surface area contributed by atoms with Crippen LogP contribution in [0.5, 0.6) is 0 Å². The maximum absolute atomic E-state index is 11.6. The lowest BCUT2D eigenvalue weighted by molar-refractivity contribution is -0.142. The van der Waals surface area contributed by atoms with Crippen molar-refractivity contribution in [2.75, 3.05) is 13.2 Å². The second-order valence-electron chi connectivity index (χ2n) is 4.53. The fourth-order valence-corrected chi connectivity index (χ4v) is 1.68. The maximum Gasteiger partial charge on any atom is 0.325 e. The third-order valence-corrected chi connectivity index (χ3v) is 2.80. The second kappa shape index (κ2) is 9.95. The van der Waals surface area contributed by atoms with E-state index in [9.17, 15) is 9.59 Å². The molecule has 0 fully saturated rings. The van der Waals surface area contributed by atoms with Crippen LogP contribution in [0, 0.1) is 0 Å². The highest BCUT2D eigenvalue weighted by atomic mass is 16.5. The second-order valence-corrected chi connectivity index (χ2v) is 4.53. The highest BCUT2D eigenvalue weighted by Crippen LogP contribution is 2.02. The number of hydrogen-bond acceptors (Lipinski definition) is 4. The lowest BCUT2D eigenvalue weighted by atomic mass is 10.2. The molecular weight excluding hydrogens is 256 g/mol. The van der Waals surface area contributed by atoms with Crippen molar-refractivity contribution < 1.29 is 14.3 Å². The highest BCUT2D eigenvalue weighted by Gasteiger charge is 2.09. The molecule has 1 aromatic heterocycles. The number of unbranched alkanes of at least 4 members (excludes halogenated alkanes) is 4. The Morgan fingerprint density at radius 3 is 2.70 bits per heavy atom. The average Bonchev–Trinajstić information content (AvgIpc) is 2.49. The molecule has 0 saturated carbocycles. The van der Waals surface area contributed by atoms with Crippen molar-refractivity contribution in [1.82, 2.24) is 10.3 Å². The Labute approximate surface area is 119 Å². The fourth-order valence-electron chi connectivity index (χ4n) is 1.68. The van der Waals surface area contributed by atoms with Gasteiger partial charge in [0.05, 0.1) is 6.61 Å². The minimum absolute atomic E-state index is 0.121. The summed E-state index contributed by atoms with van der Waals surface area (Å²) in [5.41, 5.74) is 0.292. The van der Waals surface area contributed by atoms with Gasteiger partial charge in [0.25, 0.3) is 5.91 Å². The van der Waals surface area contributed by atoms with Gasteiger partial charge in [-0.1, -0.05) is 38.7 Å². The summed E-state index contributed by atoms with van der Waals surface area (Å²) in [4.78, 5) is 26.9. The number of esters is 1. The van der Waals surface area contributed by atoms with Crippen LogP contribution >= 0.6 is 0 Å². The molecule has 1 N–H and O–H groups in total. The van der Waals surface area contributed by atoms with E-state index in [2.05, 4.69) is 17.2 Å². The molecule has 20 heavy (non-hydrogen) atoms. The quantitative estimate of drug-likeness (QED) is 0.556. The number of hydrogen-bond donors (Lipinski definition) is 1. The Bertz CT molecular complexity index is 407. The van der Waals surface area contributed by atoms with E-state index in [1.807, 2.05) is 0 Å². The standard InChI is InChI=1S/C15H22N2O3/c1-2-3-4-5-8-11-20-14(18)12-17-15(19)13-9-6-7-10-16-13/h6-7,9-10H,2-5,8,11-12H2,1H3,(H,17,19). The van der Waals surface area contributed by atoms with Crippen LogP contribution in [0.25, 0.3) is 0 Å². The number of ether oxygens (including phenoxy) is 1. The average molecular weight is 278 g/mol. The number of nitrogens with zero attached hydrogens (tertiary/aromatic N) is 1. The van der Waals surface area contributed by atoms with Crippen LogP contribution in [0.15, 0.2) is 24.4 Å². The van der Waals surface area contributed by atoms with Crippen LogP contribution in [0.1, 0.15) is 49.5 Å². The van der Waals surface area contributed by atoms with Gasteiger partial charge in [-0.3, -0.25) is 14.6 Å². The Hall–Kier alpha value is -1.91. The molecule has 0 bridgehead atoms. The molecular formula is C15H22N2O3.